The van der Waals surface area contributed by atoms with E-state index in [2.05, 4.69) is 10.2 Å². The van der Waals surface area contributed by atoms with Crippen molar-refractivity contribution in [2.45, 2.75) is 6.42 Å². The summed E-state index contributed by atoms with van der Waals surface area (Å²) in [5, 5.41) is 11.6. The molecule has 0 spiro atoms. The molecule has 0 saturated heterocycles. The predicted molar refractivity (Wildman–Crippen MR) is 62.8 cm³/mol. The highest BCUT2D eigenvalue weighted by molar-refractivity contribution is 5.48. The zero-order valence-corrected chi connectivity index (χ0v) is 9.63. The Morgan fingerprint density at radius 2 is 2.19 bits per heavy atom. The normalized spacial score (nSPS) is 10.2. The predicted octanol–water partition coefficient (Wildman–Crippen LogP) is 2.06. The van der Waals surface area contributed by atoms with Crippen LogP contribution in [0.1, 0.15) is 12.0 Å². The van der Waals surface area contributed by atoms with Crippen molar-refractivity contribution in [1.29, 1.82) is 5.26 Å². The molecule has 1 aromatic carbocycles. The van der Waals surface area contributed by atoms with Crippen molar-refractivity contribution in [2.75, 3.05) is 32.5 Å². The average Bonchev–Trinajstić information content (AvgIpc) is 2.25. The summed E-state index contributed by atoms with van der Waals surface area (Å²) in [4.78, 5) is 2.08. The SMILES string of the molecule is CN(C)CCCNc1ccc(C#N)cc1F. The molecule has 3 nitrogen and oxygen atoms in total. The van der Waals surface area contributed by atoms with E-state index in [4.69, 9.17) is 5.26 Å². The number of nitriles is 1. The number of hydrogen-bond donors (Lipinski definition) is 1. The van der Waals surface area contributed by atoms with Crippen LogP contribution in [0.25, 0.3) is 0 Å². The maximum Gasteiger partial charge on any atom is 0.147 e. The van der Waals surface area contributed by atoms with Gasteiger partial charge in [-0.15, -0.1) is 0 Å². The van der Waals surface area contributed by atoms with Gasteiger partial charge in [-0.2, -0.15) is 5.26 Å². The summed E-state index contributed by atoms with van der Waals surface area (Å²) in [6, 6.07) is 6.36. The molecule has 0 radical (unpaired) electrons. The van der Waals surface area contributed by atoms with Crippen LogP contribution in [0.4, 0.5) is 10.1 Å². The summed E-state index contributed by atoms with van der Waals surface area (Å²) >= 11 is 0. The van der Waals surface area contributed by atoms with Gasteiger partial charge in [-0.25, -0.2) is 4.39 Å². The molecule has 4 heteroatoms. The molecule has 0 amide bonds. The Kier molecular flexibility index (Phi) is 4.74. The highest BCUT2D eigenvalue weighted by atomic mass is 19.1. The second kappa shape index (κ2) is 6.09. The summed E-state index contributed by atoms with van der Waals surface area (Å²) < 4.78 is 13.4. The molecule has 0 aliphatic heterocycles. The third-order valence-corrected chi connectivity index (χ3v) is 2.20. The molecule has 1 aromatic rings. The van der Waals surface area contributed by atoms with Crippen LogP contribution in [0.5, 0.6) is 0 Å². The average molecular weight is 221 g/mol. The first-order valence-corrected chi connectivity index (χ1v) is 5.21. The Labute approximate surface area is 95.5 Å². The summed E-state index contributed by atoms with van der Waals surface area (Å²) in [5.74, 6) is -0.371. The molecule has 1 rings (SSSR count). The third kappa shape index (κ3) is 3.87. The van der Waals surface area contributed by atoms with Gasteiger partial charge >= 0.3 is 0 Å². The fourth-order valence-electron chi connectivity index (χ4n) is 1.35. The van der Waals surface area contributed by atoms with Gasteiger partial charge < -0.3 is 10.2 Å². The number of nitrogens with zero attached hydrogens (tertiary/aromatic N) is 2. The van der Waals surface area contributed by atoms with E-state index < -0.39 is 0 Å². The lowest BCUT2D eigenvalue weighted by Gasteiger charge is -2.11. The number of nitrogens with one attached hydrogen (secondary N) is 1. The zero-order chi connectivity index (χ0) is 12.0. The van der Waals surface area contributed by atoms with Gasteiger partial charge in [0.2, 0.25) is 0 Å². The maximum absolute atomic E-state index is 13.4. The van der Waals surface area contributed by atoms with E-state index in [1.807, 2.05) is 20.2 Å². The standard InChI is InChI=1S/C12H16FN3/c1-16(2)7-3-6-15-12-5-4-10(9-14)8-11(12)13/h4-5,8,15H,3,6-7H2,1-2H3. The van der Waals surface area contributed by atoms with Crippen molar-refractivity contribution in [2.24, 2.45) is 0 Å². The minimum absolute atomic E-state index is 0.344. The smallest absolute Gasteiger partial charge is 0.147 e. The molecule has 0 fully saturated rings. The number of anilines is 1. The van der Waals surface area contributed by atoms with Crippen molar-refractivity contribution in [1.82, 2.24) is 4.90 Å². The van der Waals surface area contributed by atoms with Crippen LogP contribution in [0.2, 0.25) is 0 Å². The number of halogens is 1. The van der Waals surface area contributed by atoms with Crippen LogP contribution in [-0.2, 0) is 0 Å². The van der Waals surface area contributed by atoms with Gasteiger partial charge in [0, 0.05) is 6.54 Å². The van der Waals surface area contributed by atoms with Gasteiger partial charge in [-0.1, -0.05) is 0 Å². The van der Waals surface area contributed by atoms with E-state index in [0.717, 1.165) is 19.5 Å². The van der Waals surface area contributed by atoms with Crippen LogP contribution in [0.15, 0.2) is 18.2 Å². The second-order valence-electron chi connectivity index (χ2n) is 3.89. The van der Waals surface area contributed by atoms with E-state index >= 15 is 0 Å². The molecule has 0 atom stereocenters. The first kappa shape index (κ1) is 12.5. The van der Waals surface area contributed by atoms with Gasteiger partial charge in [-0.3, -0.25) is 0 Å². The molecule has 86 valence electrons. The van der Waals surface area contributed by atoms with Gasteiger partial charge in [0.15, 0.2) is 0 Å². The first-order chi connectivity index (χ1) is 7.63. The molecule has 0 aromatic heterocycles. The van der Waals surface area contributed by atoms with Crippen molar-refractivity contribution < 1.29 is 4.39 Å². The zero-order valence-electron chi connectivity index (χ0n) is 9.63. The molecule has 0 heterocycles. The number of hydrogen-bond acceptors (Lipinski definition) is 3. The van der Waals surface area contributed by atoms with E-state index in [-0.39, 0.29) is 5.82 Å². The van der Waals surface area contributed by atoms with Crippen molar-refractivity contribution in [3.63, 3.8) is 0 Å². The molecule has 0 saturated carbocycles. The van der Waals surface area contributed by atoms with Gasteiger partial charge in [0.25, 0.3) is 0 Å². The Balaban J connectivity index is 2.46. The monoisotopic (exact) mass is 221 g/mol. The minimum Gasteiger partial charge on any atom is -0.383 e. The van der Waals surface area contributed by atoms with Crippen LogP contribution < -0.4 is 5.32 Å². The van der Waals surface area contributed by atoms with Gasteiger partial charge in [0.05, 0.1) is 17.3 Å². The van der Waals surface area contributed by atoms with Crippen LogP contribution in [-0.4, -0.2) is 32.1 Å². The van der Waals surface area contributed by atoms with Crippen molar-refractivity contribution in [3.8, 4) is 6.07 Å². The fourth-order valence-corrected chi connectivity index (χ4v) is 1.35. The lowest BCUT2D eigenvalue weighted by Crippen LogP contribution is -2.16. The summed E-state index contributed by atoms with van der Waals surface area (Å²) in [5.41, 5.74) is 0.800. The highest BCUT2D eigenvalue weighted by Gasteiger charge is 2.02. The quantitative estimate of drug-likeness (QED) is 0.773. The molecule has 16 heavy (non-hydrogen) atoms. The molecule has 0 unspecified atom stereocenters. The molecule has 1 N–H and O–H groups in total. The number of rotatable bonds is 5. The molecule has 0 bridgehead atoms. The third-order valence-electron chi connectivity index (χ3n) is 2.20. The summed E-state index contributed by atoms with van der Waals surface area (Å²) in [7, 11) is 4.00. The topological polar surface area (TPSA) is 39.1 Å². The highest BCUT2D eigenvalue weighted by Crippen LogP contribution is 2.15. The lowest BCUT2D eigenvalue weighted by atomic mass is 10.2. The minimum atomic E-state index is -0.371. The Bertz CT molecular complexity index is 382. The van der Waals surface area contributed by atoms with Crippen molar-refractivity contribution >= 4 is 5.69 Å². The maximum atomic E-state index is 13.4. The molecule has 0 aliphatic rings. The second-order valence-corrected chi connectivity index (χ2v) is 3.89. The van der Waals surface area contributed by atoms with E-state index in [0.29, 0.717) is 11.3 Å². The lowest BCUT2D eigenvalue weighted by molar-refractivity contribution is 0.405. The van der Waals surface area contributed by atoms with E-state index in [9.17, 15) is 4.39 Å². The Morgan fingerprint density at radius 1 is 1.44 bits per heavy atom. The van der Waals surface area contributed by atoms with Crippen LogP contribution in [0, 0.1) is 17.1 Å². The van der Waals surface area contributed by atoms with Crippen LogP contribution >= 0.6 is 0 Å². The largest absolute Gasteiger partial charge is 0.383 e. The first-order valence-electron chi connectivity index (χ1n) is 5.21. The summed E-state index contributed by atoms with van der Waals surface area (Å²) in [6.45, 7) is 1.69. The Hall–Kier alpha value is -1.60. The molecule has 0 aliphatic carbocycles. The van der Waals surface area contributed by atoms with Crippen LogP contribution in [0.3, 0.4) is 0 Å². The van der Waals surface area contributed by atoms with E-state index in [1.54, 1.807) is 12.1 Å². The van der Waals surface area contributed by atoms with E-state index in [1.165, 1.54) is 6.07 Å². The summed E-state index contributed by atoms with van der Waals surface area (Å²) in [6.07, 6.45) is 0.951. The van der Waals surface area contributed by atoms with Gasteiger partial charge in [0.1, 0.15) is 5.82 Å². The number of benzene rings is 1. The van der Waals surface area contributed by atoms with Crippen molar-refractivity contribution in [3.05, 3.63) is 29.6 Å². The molecular weight excluding hydrogens is 205 g/mol. The Morgan fingerprint density at radius 3 is 2.75 bits per heavy atom. The fraction of sp³-hybridized carbons (Fsp3) is 0.417. The molecular formula is C12H16FN3. The van der Waals surface area contributed by atoms with Gasteiger partial charge in [-0.05, 0) is 45.3 Å².